The van der Waals surface area contributed by atoms with Crippen LogP contribution in [0.1, 0.15) is 99.8 Å². The van der Waals surface area contributed by atoms with Crippen LogP contribution >= 0.6 is 0 Å². The number of fused-ring (bicyclic) bond motifs is 1. The van der Waals surface area contributed by atoms with Crippen molar-refractivity contribution in [2.45, 2.75) is 124 Å². The van der Waals surface area contributed by atoms with Crippen LogP contribution in [0.15, 0.2) is 0 Å². The van der Waals surface area contributed by atoms with Gasteiger partial charge in [0.1, 0.15) is 5.78 Å². The zero-order valence-electron chi connectivity index (χ0n) is 19.3. The molecule has 0 amide bonds. The molecule has 0 bridgehead atoms. The topological polar surface area (TPSA) is 26.3 Å². The summed E-state index contributed by atoms with van der Waals surface area (Å²) in [6.45, 7) is 16.5. The van der Waals surface area contributed by atoms with Crippen molar-refractivity contribution in [3.8, 4) is 0 Å². The molecule has 0 saturated heterocycles. The second-order valence-corrected chi connectivity index (χ2v) is 15.2. The van der Waals surface area contributed by atoms with Crippen LogP contribution in [0, 0.1) is 23.2 Å². The highest BCUT2D eigenvalue weighted by Gasteiger charge is 2.52. The maximum Gasteiger partial charge on any atom is 0.192 e. The van der Waals surface area contributed by atoms with Crippen LogP contribution in [-0.4, -0.2) is 19.7 Å². The second-order valence-electron chi connectivity index (χ2n) is 10.5. The third kappa shape index (κ3) is 5.07. The molecular weight excluding hydrogens is 348 g/mol. The number of rotatable bonds is 10. The first-order valence-corrected chi connectivity index (χ1v) is 14.4. The van der Waals surface area contributed by atoms with Gasteiger partial charge in [0.2, 0.25) is 0 Å². The smallest absolute Gasteiger partial charge is 0.192 e. The number of Topliss-reactive ketones (excluding diaryl/α,β-unsaturated/α-hetero) is 1. The summed E-state index contributed by atoms with van der Waals surface area (Å²) < 4.78 is 6.79. The zero-order chi connectivity index (χ0) is 20.3. The summed E-state index contributed by atoms with van der Waals surface area (Å²) in [5.41, 5.74) is 0.298. The maximum atomic E-state index is 12.4. The van der Waals surface area contributed by atoms with Gasteiger partial charge in [0, 0.05) is 12.3 Å². The molecule has 2 aliphatic carbocycles. The van der Waals surface area contributed by atoms with Crippen molar-refractivity contribution in [2.24, 2.45) is 23.2 Å². The van der Waals surface area contributed by atoms with Crippen LogP contribution < -0.4 is 0 Å². The van der Waals surface area contributed by atoms with E-state index in [1.54, 1.807) is 0 Å². The summed E-state index contributed by atoms with van der Waals surface area (Å²) in [6, 6.07) is 3.70. The van der Waals surface area contributed by atoms with E-state index in [0.717, 1.165) is 37.5 Å². The molecule has 0 aromatic rings. The number of carbonyl (C=O) groups is 1. The van der Waals surface area contributed by atoms with Crippen LogP contribution in [0.25, 0.3) is 0 Å². The molecule has 0 radical (unpaired) electrons. The molecule has 4 atom stereocenters. The summed E-state index contributed by atoms with van der Waals surface area (Å²) in [5, 5.41) is 0. The van der Waals surface area contributed by atoms with Gasteiger partial charge in [-0.2, -0.15) is 0 Å². The first kappa shape index (κ1) is 23.1. The van der Waals surface area contributed by atoms with Crippen molar-refractivity contribution >= 4 is 14.1 Å². The predicted molar refractivity (Wildman–Crippen MR) is 119 cm³/mol. The first-order valence-electron chi connectivity index (χ1n) is 11.9. The standard InChI is InChI=1S/C24H46O2Si/c1-8-27(9-2,10-3)26-23(5,6)17-11-13-19(4)20-15-16-21-22(25)14-12-18-24(20,21)7/h19-21H,8-18H2,1-7H3/t19-,20?,21-,24+/m0/s1. The van der Waals surface area contributed by atoms with E-state index >= 15 is 0 Å². The van der Waals surface area contributed by atoms with Crippen LogP contribution in [-0.2, 0) is 9.22 Å². The van der Waals surface area contributed by atoms with E-state index in [4.69, 9.17) is 4.43 Å². The number of carbonyl (C=O) groups excluding carboxylic acids is 1. The molecule has 1 unspecified atom stereocenters. The summed E-state index contributed by atoms with van der Waals surface area (Å²) >= 11 is 0. The van der Waals surface area contributed by atoms with Gasteiger partial charge in [-0.05, 0) is 81.3 Å². The van der Waals surface area contributed by atoms with Crippen molar-refractivity contribution in [2.75, 3.05) is 0 Å². The van der Waals surface area contributed by atoms with Gasteiger partial charge in [-0.1, -0.05) is 47.5 Å². The quantitative estimate of drug-likeness (QED) is 0.361. The molecule has 3 heteroatoms. The van der Waals surface area contributed by atoms with Crippen molar-refractivity contribution < 1.29 is 9.22 Å². The lowest BCUT2D eigenvalue weighted by atomic mass is 9.62. The number of ketones is 1. The van der Waals surface area contributed by atoms with Crippen molar-refractivity contribution in [3.63, 3.8) is 0 Å². The average Bonchev–Trinajstić information content (AvgIpc) is 2.98. The Kier molecular flexibility index (Phi) is 7.81. The highest BCUT2D eigenvalue weighted by Crippen LogP contribution is 2.57. The van der Waals surface area contributed by atoms with E-state index in [1.165, 1.54) is 43.8 Å². The highest BCUT2D eigenvalue weighted by molar-refractivity contribution is 6.73. The fraction of sp³-hybridized carbons (Fsp3) is 0.958. The van der Waals surface area contributed by atoms with Gasteiger partial charge in [0.15, 0.2) is 8.32 Å². The molecule has 2 fully saturated rings. The molecule has 0 aromatic heterocycles. The average molecular weight is 395 g/mol. The van der Waals surface area contributed by atoms with Gasteiger partial charge < -0.3 is 4.43 Å². The fourth-order valence-electron chi connectivity index (χ4n) is 6.56. The summed E-state index contributed by atoms with van der Waals surface area (Å²) in [4.78, 5) is 12.4. The second kappa shape index (κ2) is 9.11. The van der Waals surface area contributed by atoms with Crippen molar-refractivity contribution in [1.29, 1.82) is 0 Å². The SMILES string of the molecule is CC[Si](CC)(CC)OC(C)(C)CCC[C@H](C)C1CC[C@H]2C(=O)CCC[C@]12C. The molecule has 0 aliphatic heterocycles. The molecule has 0 N–H and O–H groups in total. The lowest BCUT2D eigenvalue weighted by Gasteiger charge is -2.42. The van der Waals surface area contributed by atoms with Crippen LogP contribution in [0.3, 0.4) is 0 Å². The van der Waals surface area contributed by atoms with Crippen molar-refractivity contribution in [1.82, 2.24) is 0 Å². The Morgan fingerprint density at radius 2 is 1.81 bits per heavy atom. The van der Waals surface area contributed by atoms with E-state index in [-0.39, 0.29) is 11.0 Å². The van der Waals surface area contributed by atoms with Gasteiger partial charge >= 0.3 is 0 Å². The summed E-state index contributed by atoms with van der Waals surface area (Å²) in [5.74, 6) is 2.40. The molecule has 2 saturated carbocycles. The van der Waals surface area contributed by atoms with E-state index in [2.05, 4.69) is 48.5 Å². The van der Waals surface area contributed by atoms with E-state index in [9.17, 15) is 4.79 Å². The van der Waals surface area contributed by atoms with Gasteiger partial charge in [0.25, 0.3) is 0 Å². The van der Waals surface area contributed by atoms with Crippen molar-refractivity contribution in [3.05, 3.63) is 0 Å². The Labute approximate surface area is 170 Å². The van der Waals surface area contributed by atoms with Crippen LogP contribution in [0.4, 0.5) is 0 Å². The molecule has 158 valence electrons. The normalized spacial score (nSPS) is 30.4. The van der Waals surface area contributed by atoms with E-state index < -0.39 is 8.32 Å². The van der Waals surface area contributed by atoms with Crippen LogP contribution in [0.5, 0.6) is 0 Å². The molecule has 2 nitrogen and oxygen atoms in total. The largest absolute Gasteiger partial charge is 0.412 e. The van der Waals surface area contributed by atoms with E-state index in [1.807, 2.05) is 0 Å². The number of hydrogen-bond donors (Lipinski definition) is 0. The molecular formula is C24H46O2Si. The third-order valence-corrected chi connectivity index (χ3v) is 13.3. The Morgan fingerprint density at radius 3 is 2.41 bits per heavy atom. The Bertz CT molecular complexity index is 488. The Balaban J connectivity index is 1.88. The summed E-state index contributed by atoms with van der Waals surface area (Å²) in [7, 11) is -1.54. The molecule has 27 heavy (non-hydrogen) atoms. The molecule has 0 aromatic carbocycles. The minimum atomic E-state index is -1.54. The Hall–Kier alpha value is -0.153. The van der Waals surface area contributed by atoms with Gasteiger partial charge in [-0.25, -0.2) is 0 Å². The predicted octanol–water partition coefficient (Wildman–Crippen LogP) is 7.38. The van der Waals surface area contributed by atoms with E-state index in [0.29, 0.717) is 11.7 Å². The van der Waals surface area contributed by atoms with Crippen LogP contribution in [0.2, 0.25) is 18.1 Å². The molecule has 2 aliphatic rings. The lowest BCUT2D eigenvalue weighted by Crippen LogP contribution is -2.44. The van der Waals surface area contributed by atoms with Gasteiger partial charge in [-0.3, -0.25) is 4.79 Å². The molecule has 2 rings (SSSR count). The highest BCUT2D eigenvalue weighted by atomic mass is 28.4. The Morgan fingerprint density at radius 1 is 1.19 bits per heavy atom. The first-order chi connectivity index (χ1) is 12.6. The fourth-order valence-corrected chi connectivity index (χ4v) is 9.77. The van der Waals surface area contributed by atoms with Gasteiger partial charge in [-0.15, -0.1) is 0 Å². The maximum absolute atomic E-state index is 12.4. The monoisotopic (exact) mass is 394 g/mol. The molecule has 0 heterocycles. The minimum Gasteiger partial charge on any atom is -0.412 e. The minimum absolute atomic E-state index is 0.0108. The lowest BCUT2D eigenvalue weighted by molar-refractivity contribution is -0.130. The number of hydrogen-bond acceptors (Lipinski definition) is 2. The summed E-state index contributed by atoms with van der Waals surface area (Å²) in [6.07, 6.45) is 9.34. The zero-order valence-corrected chi connectivity index (χ0v) is 20.3. The molecule has 0 spiro atoms. The van der Waals surface area contributed by atoms with Gasteiger partial charge in [0.05, 0.1) is 5.60 Å². The third-order valence-electron chi connectivity index (χ3n) is 8.49.